The Morgan fingerprint density at radius 2 is 1.85 bits per heavy atom. The zero-order chi connectivity index (χ0) is 19.9. The van der Waals surface area contributed by atoms with Crippen molar-refractivity contribution >= 4 is 15.8 Å². The molecular weight excluding hydrogens is 365 g/mol. The van der Waals surface area contributed by atoms with Crippen molar-refractivity contribution < 1.29 is 12.8 Å². The van der Waals surface area contributed by atoms with Crippen LogP contribution in [0.3, 0.4) is 0 Å². The molecular formula is C20H32FN3O2S. The monoisotopic (exact) mass is 397 g/mol. The van der Waals surface area contributed by atoms with Gasteiger partial charge in [-0.05, 0) is 43.9 Å². The van der Waals surface area contributed by atoms with Crippen molar-refractivity contribution in [2.24, 2.45) is 4.99 Å². The SMILES string of the molecule is CN=C(NCC1(c2ccc(F)cc2)CCCCC1)NC(C)CCS(C)(=O)=O. The largest absolute Gasteiger partial charge is 0.356 e. The predicted octanol–water partition coefficient (Wildman–Crippen LogP) is 3.02. The lowest BCUT2D eigenvalue weighted by molar-refractivity contribution is 0.290. The van der Waals surface area contributed by atoms with Crippen LogP contribution in [-0.2, 0) is 15.3 Å². The minimum Gasteiger partial charge on any atom is -0.356 e. The normalized spacial score (nSPS) is 18.7. The standard InChI is InChI=1S/C20H32FN3O2S/c1-16(11-14-27(3,25)26)24-19(22-2)23-15-20(12-5-4-6-13-20)17-7-9-18(21)10-8-17/h7-10,16H,4-6,11-15H2,1-3H3,(H2,22,23,24). The fraction of sp³-hybridized carbons (Fsp3) is 0.650. The number of benzene rings is 1. The van der Waals surface area contributed by atoms with Crippen LogP contribution in [-0.4, -0.2) is 46.0 Å². The summed E-state index contributed by atoms with van der Waals surface area (Å²) in [5.41, 5.74) is 1.14. The number of halogens is 1. The quantitative estimate of drug-likeness (QED) is 0.548. The molecule has 1 aromatic rings. The lowest BCUT2D eigenvalue weighted by atomic mass is 9.69. The van der Waals surface area contributed by atoms with Gasteiger partial charge in [0.2, 0.25) is 0 Å². The summed E-state index contributed by atoms with van der Waals surface area (Å²) in [4.78, 5) is 4.28. The van der Waals surface area contributed by atoms with Crippen LogP contribution in [0.25, 0.3) is 0 Å². The molecule has 1 aliphatic carbocycles. The second-order valence-corrected chi connectivity index (χ2v) is 10.00. The van der Waals surface area contributed by atoms with Gasteiger partial charge < -0.3 is 10.6 Å². The van der Waals surface area contributed by atoms with E-state index in [-0.39, 0.29) is 23.0 Å². The maximum atomic E-state index is 13.4. The van der Waals surface area contributed by atoms with Gasteiger partial charge >= 0.3 is 0 Å². The molecule has 1 unspecified atom stereocenters. The molecule has 0 bridgehead atoms. The van der Waals surface area contributed by atoms with E-state index >= 15 is 0 Å². The van der Waals surface area contributed by atoms with Crippen LogP contribution in [0, 0.1) is 5.82 Å². The van der Waals surface area contributed by atoms with Gasteiger partial charge in [-0.2, -0.15) is 0 Å². The first-order valence-corrected chi connectivity index (χ1v) is 11.7. The third-order valence-electron chi connectivity index (χ3n) is 5.39. The van der Waals surface area contributed by atoms with E-state index in [1.807, 2.05) is 19.1 Å². The van der Waals surface area contributed by atoms with Crippen LogP contribution in [0.15, 0.2) is 29.3 Å². The Hall–Kier alpha value is -1.63. The van der Waals surface area contributed by atoms with Gasteiger partial charge in [0, 0.05) is 31.3 Å². The molecule has 0 amide bonds. The van der Waals surface area contributed by atoms with Crippen molar-refractivity contribution in [1.82, 2.24) is 10.6 Å². The number of hydrogen-bond donors (Lipinski definition) is 2. The maximum absolute atomic E-state index is 13.4. The zero-order valence-corrected chi connectivity index (χ0v) is 17.4. The van der Waals surface area contributed by atoms with Crippen LogP contribution in [0.1, 0.15) is 51.0 Å². The second kappa shape index (κ2) is 9.53. The van der Waals surface area contributed by atoms with Gasteiger partial charge in [0.05, 0.1) is 5.75 Å². The van der Waals surface area contributed by atoms with E-state index in [2.05, 4.69) is 15.6 Å². The number of nitrogens with zero attached hydrogens (tertiary/aromatic N) is 1. The van der Waals surface area contributed by atoms with E-state index in [9.17, 15) is 12.8 Å². The molecule has 1 aromatic carbocycles. The Balaban J connectivity index is 2.01. The zero-order valence-electron chi connectivity index (χ0n) is 16.6. The Labute approximate surface area is 162 Å². The van der Waals surface area contributed by atoms with Crippen LogP contribution < -0.4 is 10.6 Å². The summed E-state index contributed by atoms with van der Waals surface area (Å²) in [6, 6.07) is 6.86. The molecule has 7 heteroatoms. The van der Waals surface area contributed by atoms with Crippen molar-refractivity contribution in [1.29, 1.82) is 0 Å². The average Bonchev–Trinajstić information content (AvgIpc) is 2.64. The molecule has 0 radical (unpaired) electrons. The first-order chi connectivity index (χ1) is 12.7. The van der Waals surface area contributed by atoms with Gasteiger partial charge in [-0.25, -0.2) is 12.8 Å². The highest BCUT2D eigenvalue weighted by molar-refractivity contribution is 7.90. The molecule has 0 saturated heterocycles. The Morgan fingerprint density at radius 3 is 2.41 bits per heavy atom. The van der Waals surface area contributed by atoms with E-state index in [0.717, 1.165) is 37.8 Å². The fourth-order valence-corrected chi connectivity index (χ4v) is 4.53. The van der Waals surface area contributed by atoms with Gasteiger partial charge in [0.25, 0.3) is 0 Å². The summed E-state index contributed by atoms with van der Waals surface area (Å²) in [6.07, 6.45) is 7.47. The Kier molecular flexibility index (Phi) is 7.65. The van der Waals surface area contributed by atoms with Crippen LogP contribution in [0.4, 0.5) is 4.39 Å². The molecule has 0 heterocycles. The van der Waals surface area contributed by atoms with Gasteiger partial charge in [0.15, 0.2) is 5.96 Å². The highest BCUT2D eigenvalue weighted by Crippen LogP contribution is 2.39. The topological polar surface area (TPSA) is 70.6 Å². The van der Waals surface area contributed by atoms with Crippen molar-refractivity contribution in [3.63, 3.8) is 0 Å². The molecule has 1 aliphatic rings. The lowest BCUT2D eigenvalue weighted by Crippen LogP contribution is -2.48. The number of aliphatic imine (C=N–C) groups is 1. The van der Waals surface area contributed by atoms with E-state index in [1.165, 1.54) is 24.8 Å². The molecule has 1 atom stereocenters. The van der Waals surface area contributed by atoms with Crippen molar-refractivity contribution in [3.05, 3.63) is 35.6 Å². The van der Waals surface area contributed by atoms with Gasteiger partial charge in [0.1, 0.15) is 15.7 Å². The number of sulfone groups is 1. The summed E-state index contributed by atoms with van der Waals surface area (Å²) in [5.74, 6) is 0.607. The predicted molar refractivity (Wildman–Crippen MR) is 109 cm³/mol. The third-order valence-corrected chi connectivity index (χ3v) is 6.37. The minimum absolute atomic E-state index is 0.000878. The summed E-state index contributed by atoms with van der Waals surface area (Å²) < 4.78 is 36.1. The Bertz CT molecular complexity index is 726. The van der Waals surface area contributed by atoms with Crippen LogP contribution in [0.5, 0.6) is 0 Å². The summed E-state index contributed by atoms with van der Waals surface area (Å²) in [5, 5.41) is 6.69. The molecule has 27 heavy (non-hydrogen) atoms. The summed E-state index contributed by atoms with van der Waals surface area (Å²) in [6.45, 7) is 2.67. The molecule has 1 fully saturated rings. The van der Waals surface area contributed by atoms with Gasteiger partial charge in [-0.1, -0.05) is 31.4 Å². The number of rotatable bonds is 7. The van der Waals surface area contributed by atoms with Gasteiger partial charge in [-0.15, -0.1) is 0 Å². The molecule has 2 rings (SSSR count). The van der Waals surface area contributed by atoms with Crippen molar-refractivity contribution in [2.45, 2.75) is 56.9 Å². The molecule has 1 saturated carbocycles. The molecule has 0 aromatic heterocycles. The first-order valence-electron chi connectivity index (χ1n) is 9.65. The molecule has 2 N–H and O–H groups in total. The van der Waals surface area contributed by atoms with E-state index in [0.29, 0.717) is 12.4 Å². The Morgan fingerprint density at radius 1 is 1.22 bits per heavy atom. The maximum Gasteiger partial charge on any atom is 0.191 e. The number of guanidine groups is 1. The smallest absolute Gasteiger partial charge is 0.191 e. The fourth-order valence-electron chi connectivity index (χ4n) is 3.74. The molecule has 0 aliphatic heterocycles. The summed E-state index contributed by atoms with van der Waals surface area (Å²) >= 11 is 0. The minimum atomic E-state index is -2.97. The lowest BCUT2D eigenvalue weighted by Gasteiger charge is -2.38. The van der Waals surface area contributed by atoms with Crippen molar-refractivity contribution in [2.75, 3.05) is 25.6 Å². The van der Waals surface area contributed by atoms with Crippen LogP contribution in [0.2, 0.25) is 0 Å². The molecule has 152 valence electrons. The van der Waals surface area contributed by atoms with E-state index in [4.69, 9.17) is 0 Å². The molecule has 5 nitrogen and oxygen atoms in total. The highest BCUT2D eigenvalue weighted by Gasteiger charge is 2.34. The van der Waals surface area contributed by atoms with E-state index in [1.54, 1.807) is 7.05 Å². The number of hydrogen-bond acceptors (Lipinski definition) is 3. The second-order valence-electron chi connectivity index (χ2n) is 7.74. The highest BCUT2D eigenvalue weighted by atomic mass is 32.2. The average molecular weight is 398 g/mol. The van der Waals surface area contributed by atoms with Crippen LogP contribution >= 0.6 is 0 Å². The number of nitrogens with one attached hydrogen (secondary N) is 2. The first kappa shape index (κ1) is 21.7. The van der Waals surface area contributed by atoms with Crippen molar-refractivity contribution in [3.8, 4) is 0 Å². The summed E-state index contributed by atoms with van der Waals surface area (Å²) in [7, 11) is -1.26. The van der Waals surface area contributed by atoms with Gasteiger partial charge in [-0.3, -0.25) is 4.99 Å². The third kappa shape index (κ3) is 6.79. The molecule has 0 spiro atoms. The van der Waals surface area contributed by atoms with E-state index < -0.39 is 9.84 Å².